The van der Waals surface area contributed by atoms with E-state index in [9.17, 15) is 4.79 Å². The van der Waals surface area contributed by atoms with Crippen LogP contribution >= 0.6 is 0 Å². The summed E-state index contributed by atoms with van der Waals surface area (Å²) in [4.78, 5) is 14.0. The SMILES string of the molecule is NC(CCCCOB(O)O)c1nnnn1CC(=O)N1CCCC1. The lowest BCUT2D eigenvalue weighted by molar-refractivity contribution is -0.131. The highest BCUT2D eigenvalue weighted by atomic mass is 16.6. The van der Waals surface area contributed by atoms with E-state index in [0.717, 1.165) is 32.4 Å². The van der Waals surface area contributed by atoms with E-state index < -0.39 is 7.32 Å². The molecule has 0 spiro atoms. The number of hydrogen-bond donors (Lipinski definition) is 3. The molecule has 1 aromatic rings. The smallest absolute Gasteiger partial charge is 0.402 e. The molecule has 2 rings (SSSR count). The zero-order valence-corrected chi connectivity index (χ0v) is 13.0. The Hall–Kier alpha value is -1.56. The second-order valence-corrected chi connectivity index (χ2v) is 5.58. The molecule has 0 aliphatic carbocycles. The van der Waals surface area contributed by atoms with Gasteiger partial charge in [-0.15, -0.1) is 5.10 Å². The highest BCUT2D eigenvalue weighted by molar-refractivity contribution is 6.32. The first kappa shape index (κ1) is 17.8. The third kappa shape index (κ3) is 5.54. The summed E-state index contributed by atoms with van der Waals surface area (Å²) in [6.45, 7) is 1.93. The first-order chi connectivity index (χ1) is 11.1. The number of rotatable bonds is 9. The van der Waals surface area contributed by atoms with Gasteiger partial charge in [-0.3, -0.25) is 4.79 Å². The summed E-state index contributed by atoms with van der Waals surface area (Å²) < 4.78 is 6.08. The van der Waals surface area contributed by atoms with Crippen molar-refractivity contribution in [1.82, 2.24) is 25.1 Å². The fraction of sp³-hybridized carbons (Fsp3) is 0.833. The van der Waals surface area contributed by atoms with Crippen LogP contribution in [0.3, 0.4) is 0 Å². The molecule has 1 aromatic heterocycles. The Morgan fingerprint density at radius 3 is 2.78 bits per heavy atom. The molecule has 0 radical (unpaired) electrons. The highest BCUT2D eigenvalue weighted by Gasteiger charge is 2.22. The van der Waals surface area contributed by atoms with Crippen molar-refractivity contribution in [3.05, 3.63) is 5.82 Å². The molecule has 2 heterocycles. The number of amides is 1. The highest BCUT2D eigenvalue weighted by Crippen LogP contribution is 2.15. The van der Waals surface area contributed by atoms with Gasteiger partial charge in [0.15, 0.2) is 5.82 Å². The minimum absolute atomic E-state index is 0.00795. The van der Waals surface area contributed by atoms with Crippen molar-refractivity contribution in [2.45, 2.75) is 44.7 Å². The monoisotopic (exact) mass is 326 g/mol. The van der Waals surface area contributed by atoms with E-state index >= 15 is 0 Å². The number of tetrazole rings is 1. The van der Waals surface area contributed by atoms with Gasteiger partial charge in [-0.2, -0.15) is 0 Å². The average molecular weight is 326 g/mol. The third-order valence-corrected chi connectivity index (χ3v) is 3.81. The maximum Gasteiger partial charge on any atom is 0.633 e. The molecule has 0 saturated carbocycles. The van der Waals surface area contributed by atoms with Crippen LogP contribution < -0.4 is 5.73 Å². The van der Waals surface area contributed by atoms with Crippen LogP contribution in [-0.2, 0) is 16.0 Å². The lowest BCUT2D eigenvalue weighted by Crippen LogP contribution is -2.32. The second kappa shape index (κ2) is 8.92. The van der Waals surface area contributed by atoms with Crippen molar-refractivity contribution in [2.75, 3.05) is 19.7 Å². The summed E-state index contributed by atoms with van der Waals surface area (Å²) in [5, 5.41) is 28.5. The Bertz CT molecular complexity index is 494. The Morgan fingerprint density at radius 1 is 1.35 bits per heavy atom. The third-order valence-electron chi connectivity index (χ3n) is 3.81. The van der Waals surface area contributed by atoms with Gasteiger partial charge in [-0.05, 0) is 42.5 Å². The van der Waals surface area contributed by atoms with Crippen LogP contribution in [0.5, 0.6) is 0 Å². The molecule has 11 heteroatoms. The predicted octanol–water partition coefficient (Wildman–Crippen LogP) is -1.55. The largest absolute Gasteiger partial charge is 0.633 e. The zero-order chi connectivity index (χ0) is 16.7. The van der Waals surface area contributed by atoms with Crippen LogP contribution in [0.4, 0.5) is 0 Å². The Morgan fingerprint density at radius 2 is 2.09 bits per heavy atom. The molecule has 0 bridgehead atoms. The van der Waals surface area contributed by atoms with Crippen molar-refractivity contribution in [3.63, 3.8) is 0 Å². The summed E-state index contributed by atoms with van der Waals surface area (Å²) in [6.07, 6.45) is 4.06. The van der Waals surface area contributed by atoms with Gasteiger partial charge in [0.1, 0.15) is 6.54 Å². The molecule has 1 aliphatic heterocycles. The lowest BCUT2D eigenvalue weighted by Gasteiger charge is -2.16. The van der Waals surface area contributed by atoms with Crippen molar-refractivity contribution in [2.24, 2.45) is 5.73 Å². The standard InChI is InChI=1S/C12H23BN6O4/c14-10(5-1-4-8-23-13(21)22)12-15-16-17-19(12)9-11(20)18-6-2-3-7-18/h10,21-22H,1-9,14H2. The van der Waals surface area contributed by atoms with E-state index in [0.29, 0.717) is 18.7 Å². The number of aromatic nitrogens is 4. The van der Waals surface area contributed by atoms with Gasteiger partial charge >= 0.3 is 7.32 Å². The molecule has 23 heavy (non-hydrogen) atoms. The number of unbranched alkanes of at least 4 members (excludes halogenated alkanes) is 1. The Labute approximate surface area is 134 Å². The maximum absolute atomic E-state index is 12.2. The molecule has 1 fully saturated rings. The van der Waals surface area contributed by atoms with Gasteiger partial charge in [0.2, 0.25) is 5.91 Å². The maximum atomic E-state index is 12.2. The Kier molecular flexibility index (Phi) is 6.90. The molecule has 10 nitrogen and oxygen atoms in total. The first-order valence-corrected chi connectivity index (χ1v) is 7.85. The molecule has 128 valence electrons. The summed E-state index contributed by atoms with van der Waals surface area (Å²) in [5.41, 5.74) is 6.08. The number of carbonyl (C=O) groups is 1. The number of hydrogen-bond acceptors (Lipinski definition) is 8. The van der Waals surface area contributed by atoms with Gasteiger partial charge < -0.3 is 25.3 Å². The summed E-state index contributed by atoms with van der Waals surface area (Å²) in [5.74, 6) is 0.495. The van der Waals surface area contributed by atoms with E-state index in [1.54, 1.807) is 0 Å². The summed E-state index contributed by atoms with van der Waals surface area (Å²) in [7, 11) is -1.74. The topological polar surface area (TPSA) is 140 Å². The zero-order valence-electron chi connectivity index (χ0n) is 13.0. The van der Waals surface area contributed by atoms with Crippen molar-refractivity contribution in [3.8, 4) is 0 Å². The molecular weight excluding hydrogens is 303 g/mol. The fourth-order valence-corrected chi connectivity index (χ4v) is 2.57. The Balaban J connectivity index is 1.78. The molecule has 1 amide bonds. The predicted molar refractivity (Wildman–Crippen MR) is 80.6 cm³/mol. The molecule has 1 unspecified atom stereocenters. The van der Waals surface area contributed by atoms with E-state index in [4.69, 9.17) is 15.8 Å². The van der Waals surface area contributed by atoms with Crippen molar-refractivity contribution < 1.29 is 19.5 Å². The van der Waals surface area contributed by atoms with Crippen LogP contribution in [0.25, 0.3) is 0 Å². The van der Waals surface area contributed by atoms with Crippen LogP contribution in [-0.4, -0.2) is 68.1 Å². The second-order valence-electron chi connectivity index (χ2n) is 5.58. The van der Waals surface area contributed by atoms with E-state index in [-0.39, 0.29) is 25.1 Å². The number of nitrogens with two attached hydrogens (primary N) is 1. The average Bonchev–Trinajstić information content (AvgIpc) is 3.17. The minimum atomic E-state index is -1.74. The summed E-state index contributed by atoms with van der Waals surface area (Å²) in [6, 6.07) is -0.379. The number of likely N-dealkylation sites (tertiary alicyclic amines) is 1. The molecule has 1 atom stereocenters. The van der Waals surface area contributed by atoms with Crippen LogP contribution in [0.2, 0.25) is 0 Å². The quantitative estimate of drug-likeness (QED) is 0.366. The van der Waals surface area contributed by atoms with Gasteiger partial charge in [-0.25, -0.2) is 4.68 Å². The van der Waals surface area contributed by atoms with Crippen molar-refractivity contribution in [1.29, 1.82) is 0 Å². The van der Waals surface area contributed by atoms with Crippen LogP contribution in [0.1, 0.15) is 44.0 Å². The van der Waals surface area contributed by atoms with E-state index in [2.05, 4.69) is 20.2 Å². The van der Waals surface area contributed by atoms with Gasteiger partial charge in [0.05, 0.1) is 6.04 Å². The van der Waals surface area contributed by atoms with Crippen molar-refractivity contribution >= 4 is 13.2 Å². The number of carbonyl (C=O) groups excluding carboxylic acids is 1. The van der Waals surface area contributed by atoms with Gasteiger partial charge in [0.25, 0.3) is 0 Å². The molecule has 0 aromatic carbocycles. The van der Waals surface area contributed by atoms with Gasteiger partial charge in [0, 0.05) is 19.7 Å². The molecule has 1 saturated heterocycles. The molecule has 4 N–H and O–H groups in total. The lowest BCUT2D eigenvalue weighted by atomic mass is 10.1. The fourth-order valence-electron chi connectivity index (χ4n) is 2.57. The normalized spacial score (nSPS) is 15.9. The van der Waals surface area contributed by atoms with Crippen LogP contribution in [0, 0.1) is 0 Å². The van der Waals surface area contributed by atoms with E-state index in [1.165, 1.54) is 4.68 Å². The van der Waals surface area contributed by atoms with Crippen LogP contribution in [0.15, 0.2) is 0 Å². The van der Waals surface area contributed by atoms with E-state index in [1.807, 2.05) is 4.90 Å². The first-order valence-electron chi connectivity index (χ1n) is 7.85. The molecule has 1 aliphatic rings. The van der Waals surface area contributed by atoms with Gasteiger partial charge in [-0.1, -0.05) is 0 Å². The number of nitrogens with zero attached hydrogens (tertiary/aromatic N) is 5. The molecular formula is C12H23BN6O4. The summed E-state index contributed by atoms with van der Waals surface area (Å²) >= 11 is 0. The minimum Gasteiger partial charge on any atom is -0.402 e.